The third kappa shape index (κ3) is 5.53. The van der Waals surface area contributed by atoms with Gasteiger partial charge in [-0.25, -0.2) is 0 Å². The van der Waals surface area contributed by atoms with Crippen LogP contribution in [0.2, 0.25) is 0 Å². The number of hydrogen-bond donors (Lipinski definition) is 0. The summed E-state index contributed by atoms with van der Waals surface area (Å²) in [7, 11) is 0. The van der Waals surface area contributed by atoms with Crippen molar-refractivity contribution in [3.05, 3.63) is 218 Å². The maximum absolute atomic E-state index is 2.48. The van der Waals surface area contributed by atoms with E-state index in [1.165, 1.54) is 60.4 Å². The molecule has 0 bridgehead atoms. The molecule has 0 saturated carbocycles. The van der Waals surface area contributed by atoms with E-state index in [9.17, 15) is 0 Å². The minimum atomic E-state index is 1.09. The van der Waals surface area contributed by atoms with Crippen LogP contribution in [0.4, 0.5) is 17.1 Å². The van der Waals surface area contributed by atoms with Crippen molar-refractivity contribution in [2.75, 3.05) is 4.90 Å². The number of aromatic nitrogens is 1. The molecule has 54 heavy (non-hydrogen) atoms. The lowest BCUT2D eigenvalue weighted by Crippen LogP contribution is -2.11. The SMILES string of the molecule is c1ccc(-c2ccc(-c3ccccc3)c(-n3c4ccccc4c4ccc(N(c5ccc6ccccc6c5)c5ccccc5-c5ccccc5)cc43)c2)cc1. The zero-order chi connectivity index (χ0) is 35.8. The third-order valence-corrected chi connectivity index (χ3v) is 10.6. The van der Waals surface area contributed by atoms with Gasteiger partial charge in [-0.2, -0.15) is 0 Å². The molecule has 0 aliphatic rings. The zero-order valence-corrected chi connectivity index (χ0v) is 29.7. The molecule has 2 heteroatoms. The van der Waals surface area contributed by atoms with E-state index in [2.05, 4.69) is 228 Å². The van der Waals surface area contributed by atoms with Crippen LogP contribution in [-0.4, -0.2) is 4.57 Å². The van der Waals surface area contributed by atoms with Crippen LogP contribution >= 0.6 is 0 Å². The second kappa shape index (κ2) is 13.4. The fraction of sp³-hybridized carbons (Fsp3) is 0. The van der Waals surface area contributed by atoms with Crippen molar-refractivity contribution in [1.82, 2.24) is 4.57 Å². The van der Waals surface area contributed by atoms with Gasteiger partial charge in [0.15, 0.2) is 0 Å². The van der Waals surface area contributed by atoms with Gasteiger partial charge in [-0.1, -0.05) is 176 Å². The molecule has 1 heterocycles. The van der Waals surface area contributed by atoms with Crippen LogP contribution in [0.3, 0.4) is 0 Å². The van der Waals surface area contributed by atoms with Crippen LogP contribution < -0.4 is 4.90 Å². The van der Waals surface area contributed by atoms with E-state index in [1.54, 1.807) is 0 Å². The summed E-state index contributed by atoms with van der Waals surface area (Å²) in [6.45, 7) is 0. The highest BCUT2D eigenvalue weighted by Crippen LogP contribution is 2.45. The van der Waals surface area contributed by atoms with Crippen molar-refractivity contribution < 1.29 is 0 Å². The molecular formula is C52H36N2. The minimum Gasteiger partial charge on any atom is -0.310 e. The normalized spacial score (nSPS) is 11.3. The van der Waals surface area contributed by atoms with Crippen LogP contribution in [0.25, 0.3) is 71.6 Å². The summed E-state index contributed by atoms with van der Waals surface area (Å²) in [6.07, 6.45) is 0. The predicted octanol–water partition coefficient (Wildman–Crippen LogP) is 14.4. The van der Waals surface area contributed by atoms with Crippen LogP contribution in [0, 0.1) is 0 Å². The fourth-order valence-corrected chi connectivity index (χ4v) is 8.02. The maximum atomic E-state index is 2.48. The molecule has 0 fully saturated rings. The summed E-state index contributed by atoms with van der Waals surface area (Å²) in [5, 5.41) is 4.87. The average Bonchev–Trinajstić information content (AvgIpc) is 3.58. The number of para-hydroxylation sites is 2. The zero-order valence-electron chi connectivity index (χ0n) is 29.7. The van der Waals surface area contributed by atoms with Crippen LogP contribution in [0.15, 0.2) is 218 Å². The molecule has 1 aromatic heterocycles. The van der Waals surface area contributed by atoms with Crippen LogP contribution in [-0.2, 0) is 0 Å². The van der Waals surface area contributed by atoms with Gasteiger partial charge in [-0.3, -0.25) is 0 Å². The number of hydrogen-bond acceptors (Lipinski definition) is 1. The summed E-state index contributed by atoms with van der Waals surface area (Å²) in [5.74, 6) is 0. The summed E-state index contributed by atoms with van der Waals surface area (Å²) in [5.41, 5.74) is 13.9. The predicted molar refractivity (Wildman–Crippen MR) is 229 cm³/mol. The van der Waals surface area contributed by atoms with Gasteiger partial charge in [-0.05, 0) is 75.5 Å². The Bertz CT molecular complexity index is 2930. The van der Waals surface area contributed by atoms with Gasteiger partial charge < -0.3 is 9.47 Å². The maximum Gasteiger partial charge on any atom is 0.0562 e. The summed E-state index contributed by atoms with van der Waals surface area (Å²) < 4.78 is 2.48. The van der Waals surface area contributed by atoms with Crippen molar-refractivity contribution in [2.24, 2.45) is 0 Å². The molecule has 10 aromatic rings. The van der Waals surface area contributed by atoms with Crippen LogP contribution in [0.5, 0.6) is 0 Å². The van der Waals surface area contributed by atoms with Gasteiger partial charge in [0, 0.05) is 33.3 Å². The first-order valence-electron chi connectivity index (χ1n) is 18.5. The lowest BCUT2D eigenvalue weighted by Gasteiger charge is -2.28. The van der Waals surface area contributed by atoms with E-state index in [-0.39, 0.29) is 0 Å². The molecule has 0 saturated heterocycles. The first-order chi connectivity index (χ1) is 26.8. The van der Waals surface area contributed by atoms with E-state index in [0.717, 1.165) is 28.3 Å². The molecule has 0 unspecified atom stereocenters. The Labute approximate surface area is 315 Å². The number of anilines is 3. The number of fused-ring (bicyclic) bond motifs is 4. The molecule has 0 spiro atoms. The Balaban J connectivity index is 1.27. The smallest absolute Gasteiger partial charge is 0.0562 e. The lowest BCUT2D eigenvalue weighted by molar-refractivity contribution is 1.18. The highest BCUT2D eigenvalue weighted by molar-refractivity contribution is 6.11. The van der Waals surface area contributed by atoms with Crippen molar-refractivity contribution in [3.63, 3.8) is 0 Å². The molecule has 9 aromatic carbocycles. The van der Waals surface area contributed by atoms with Crippen molar-refractivity contribution in [1.29, 1.82) is 0 Å². The molecule has 254 valence electrons. The van der Waals surface area contributed by atoms with E-state index < -0.39 is 0 Å². The Kier molecular flexibility index (Phi) is 7.85. The Morgan fingerprint density at radius 1 is 0.315 bits per heavy atom. The van der Waals surface area contributed by atoms with Crippen LogP contribution in [0.1, 0.15) is 0 Å². The van der Waals surface area contributed by atoms with Gasteiger partial charge in [0.25, 0.3) is 0 Å². The van der Waals surface area contributed by atoms with Gasteiger partial charge in [0.05, 0.1) is 22.4 Å². The third-order valence-electron chi connectivity index (χ3n) is 10.6. The Hall–Kier alpha value is -7.16. The van der Waals surface area contributed by atoms with E-state index in [1.807, 2.05) is 0 Å². The van der Waals surface area contributed by atoms with E-state index >= 15 is 0 Å². The second-order valence-corrected chi connectivity index (χ2v) is 13.8. The van der Waals surface area contributed by atoms with Gasteiger partial charge in [0.1, 0.15) is 0 Å². The van der Waals surface area contributed by atoms with Crippen molar-refractivity contribution >= 4 is 49.6 Å². The summed E-state index contributed by atoms with van der Waals surface area (Å²) >= 11 is 0. The Morgan fingerprint density at radius 2 is 0.889 bits per heavy atom. The lowest BCUT2D eigenvalue weighted by atomic mass is 9.98. The monoisotopic (exact) mass is 688 g/mol. The van der Waals surface area contributed by atoms with Gasteiger partial charge in [0.2, 0.25) is 0 Å². The quantitative estimate of drug-likeness (QED) is 0.162. The van der Waals surface area contributed by atoms with Gasteiger partial charge in [-0.15, -0.1) is 0 Å². The van der Waals surface area contributed by atoms with Crippen molar-refractivity contribution in [2.45, 2.75) is 0 Å². The molecule has 0 amide bonds. The number of benzene rings is 9. The molecule has 2 nitrogen and oxygen atoms in total. The molecule has 0 aliphatic heterocycles. The standard InChI is InChI=1S/C52H36N2/c1-4-16-37(17-5-1)42-29-32-46(40-21-8-3-9-22-40)51(35-42)54-50-27-15-13-25-47(50)48-33-31-44(36-52(48)54)53(43-30-28-38-18-10-11-23-41(38)34-43)49-26-14-12-24-45(49)39-19-6-2-7-20-39/h1-36H. The largest absolute Gasteiger partial charge is 0.310 e. The second-order valence-electron chi connectivity index (χ2n) is 13.8. The molecule has 10 rings (SSSR count). The molecule has 0 N–H and O–H groups in total. The topological polar surface area (TPSA) is 8.17 Å². The molecular weight excluding hydrogens is 653 g/mol. The minimum absolute atomic E-state index is 1.09. The van der Waals surface area contributed by atoms with E-state index in [0.29, 0.717) is 0 Å². The number of rotatable bonds is 7. The molecule has 0 aliphatic carbocycles. The average molecular weight is 689 g/mol. The first-order valence-corrected chi connectivity index (χ1v) is 18.5. The van der Waals surface area contributed by atoms with E-state index in [4.69, 9.17) is 0 Å². The highest BCUT2D eigenvalue weighted by Gasteiger charge is 2.21. The van der Waals surface area contributed by atoms with Crippen molar-refractivity contribution in [3.8, 4) is 39.1 Å². The summed E-state index contributed by atoms with van der Waals surface area (Å²) in [6, 6.07) is 79.0. The summed E-state index contributed by atoms with van der Waals surface area (Å²) in [4.78, 5) is 2.43. The molecule has 0 atom stereocenters. The fourth-order valence-electron chi connectivity index (χ4n) is 8.02. The highest BCUT2D eigenvalue weighted by atomic mass is 15.1. The Morgan fingerprint density at radius 3 is 1.67 bits per heavy atom. The first kappa shape index (κ1) is 31.6. The van der Waals surface area contributed by atoms with Gasteiger partial charge >= 0.3 is 0 Å². The number of nitrogens with zero attached hydrogens (tertiary/aromatic N) is 2. The molecule has 0 radical (unpaired) electrons.